The number of carbonyl (C=O) groups is 9. The quantitative estimate of drug-likeness (QED) is 0.0159. The Kier molecular flexibility index (Phi) is 34.8. The van der Waals surface area contributed by atoms with Crippen LogP contribution >= 0.6 is 0 Å². The lowest BCUT2D eigenvalue weighted by molar-refractivity contribution is -0.121. The molecular weight excluding hydrogens is 1670 g/mol. The summed E-state index contributed by atoms with van der Waals surface area (Å²) in [6.07, 6.45) is 13.8. The van der Waals surface area contributed by atoms with Crippen LogP contribution in [0.25, 0.3) is 22.0 Å². The highest BCUT2D eigenvalue weighted by Gasteiger charge is 2.30. The Morgan fingerprint density at radius 1 is 0.512 bits per heavy atom. The molecule has 688 valence electrons. The third kappa shape index (κ3) is 27.9. The number of hydrogen-bond acceptors (Lipinski definition) is 22. The second kappa shape index (κ2) is 46.6. The van der Waals surface area contributed by atoms with Gasteiger partial charge in [0, 0.05) is 179 Å². The zero-order valence-corrected chi connectivity index (χ0v) is 74.3. The second-order valence-electron chi connectivity index (χ2n) is 31.9. The van der Waals surface area contributed by atoms with Crippen molar-refractivity contribution < 1.29 is 85.8 Å². The summed E-state index contributed by atoms with van der Waals surface area (Å²) in [5, 5.41) is 32.9. The van der Waals surface area contributed by atoms with Gasteiger partial charge in [-0.2, -0.15) is 0 Å². The van der Waals surface area contributed by atoms with E-state index in [4.69, 9.17) is 33.2 Å². The van der Waals surface area contributed by atoms with Gasteiger partial charge < -0.3 is 123 Å². The molecule has 2 saturated heterocycles. The van der Waals surface area contributed by atoms with E-state index in [0.717, 1.165) is 32.5 Å². The number of imidazole rings is 3. The van der Waals surface area contributed by atoms with Gasteiger partial charge in [0.25, 0.3) is 41.0 Å². The second-order valence-corrected chi connectivity index (χ2v) is 31.9. The molecule has 0 aliphatic carbocycles. The number of hydrogen-bond donors (Lipinski definition) is 10. The van der Waals surface area contributed by atoms with Crippen LogP contribution in [-0.4, -0.2) is 254 Å². The maximum absolute atomic E-state index is 14.3. The normalized spacial score (nSPS) is 13.1. The largest absolute Gasteiger partial charge is 0.456 e. The summed E-state index contributed by atoms with van der Waals surface area (Å²) in [4.78, 5) is 151. The summed E-state index contributed by atoms with van der Waals surface area (Å²) >= 11 is 0. The first kappa shape index (κ1) is 96.5. The number of nitrogens with zero attached hydrogens (tertiary/aromatic N) is 11. The molecule has 0 saturated carbocycles. The minimum Gasteiger partial charge on any atom is -0.456 e. The van der Waals surface area contributed by atoms with E-state index < -0.39 is 47.0 Å². The maximum Gasteiger partial charge on any atom is 0.291 e. The minimum atomic E-state index is -1.21. The molecule has 2 aliphatic heterocycles. The summed E-state index contributed by atoms with van der Waals surface area (Å²) in [7, 11) is 9.68. The molecule has 38 nitrogen and oxygen atoms in total. The Hall–Kier alpha value is -13.1. The zero-order chi connectivity index (χ0) is 92.3. The van der Waals surface area contributed by atoms with E-state index in [1.807, 2.05) is 6.07 Å². The molecule has 11 rings (SSSR count). The summed E-state index contributed by atoms with van der Waals surface area (Å²) in [6.45, 7) is 15.7. The number of H-pyrrole nitrogens is 1. The number of fused-ring (bicyclic) bond motifs is 1. The number of aliphatic hydroxyl groups is 1. The molecule has 10 N–H and O–H groups in total. The van der Waals surface area contributed by atoms with E-state index in [0.29, 0.717) is 149 Å². The van der Waals surface area contributed by atoms with Crippen LogP contribution in [0.15, 0.2) is 96.7 Å². The maximum atomic E-state index is 14.3. The van der Waals surface area contributed by atoms with Gasteiger partial charge >= 0.3 is 0 Å². The lowest BCUT2D eigenvalue weighted by Crippen LogP contribution is -2.38. The number of piperidine rings is 2. The fraction of sp³-hybridized carbons (Fsp3) is 0.456. The highest BCUT2D eigenvalue weighted by molar-refractivity contribution is 6.06. The van der Waals surface area contributed by atoms with Gasteiger partial charge in [0.05, 0.1) is 96.3 Å². The molecule has 2 fully saturated rings. The number of amides is 9. The van der Waals surface area contributed by atoms with Gasteiger partial charge in [-0.25, -0.2) is 19.3 Å². The van der Waals surface area contributed by atoms with E-state index >= 15 is 0 Å². The standard InChI is InChI=1S/C90H113FN20O18/c1-58-47-63(91)48-59(2)79(58)129-72-16-15-62(90(3,4)122)49-66(72)68-55-109(10)89(121)78-67(68)52-69(99-78)88(120)111-31-22-61(23-32-111)14-12-11-13-60-20-29-110(30-21-60)34-36-124-38-40-126-42-44-128-46-45-127-43-41-125-39-37-123-35-28-92-75(112)17-24-96-85(117)81-102-73(56-107(81)8)100-76(113)18-25-95-84(116)71-51-65(54-106(71)7)98-87(119)82-103-74(57-108(82)9)101-77(114)19-26-94-83(115)70-50-64(53-105(70)6)97-86(118)80-93-27-33-104(80)5/h15-16,27,33,47-57,60-61,99,122H,17-26,28-32,34-46H2,1-10H3,(H,92,112)(H,94,115)(H,95,116)(H,96,117)(H,97,118)(H,98,119)(H,100,113)(H,101,114). The molecule has 0 unspecified atom stereocenters. The molecule has 39 heteroatoms. The first-order valence-corrected chi connectivity index (χ1v) is 42.7. The fourth-order valence-electron chi connectivity index (χ4n) is 14.5. The molecule has 9 aromatic rings. The molecule has 0 radical (unpaired) electrons. The zero-order valence-electron chi connectivity index (χ0n) is 74.3. The van der Waals surface area contributed by atoms with Gasteiger partial charge in [-0.05, 0) is 137 Å². The first-order valence-electron chi connectivity index (χ1n) is 42.7. The Bertz CT molecular complexity index is 5650. The molecule has 0 bridgehead atoms. The summed E-state index contributed by atoms with van der Waals surface area (Å²) < 4.78 is 63.4. The number of aryl methyl sites for hydroxylation is 8. The molecular formula is C90H113FN20O18. The Morgan fingerprint density at radius 3 is 1.50 bits per heavy atom. The summed E-state index contributed by atoms with van der Waals surface area (Å²) in [6, 6.07) is 12.8. The van der Waals surface area contributed by atoms with E-state index in [-0.39, 0.29) is 144 Å². The Balaban J connectivity index is 0.452. The molecule has 2 aromatic carbocycles. The van der Waals surface area contributed by atoms with Crippen molar-refractivity contribution >= 4 is 87.1 Å². The lowest BCUT2D eigenvalue weighted by atomic mass is 9.93. The highest BCUT2D eigenvalue weighted by Crippen LogP contribution is 2.41. The number of nitrogens with one attached hydrogen (secondary N) is 9. The van der Waals surface area contributed by atoms with Crippen LogP contribution in [0, 0.1) is 55.2 Å². The van der Waals surface area contributed by atoms with Crippen molar-refractivity contribution in [2.75, 3.05) is 159 Å². The molecule has 9 heterocycles. The molecule has 0 spiro atoms. The van der Waals surface area contributed by atoms with Crippen molar-refractivity contribution in [1.82, 2.24) is 78.4 Å². The molecule has 7 aromatic heterocycles. The minimum absolute atomic E-state index is 0.00798. The number of ether oxygens (including phenoxy) is 7. The van der Waals surface area contributed by atoms with Crippen LogP contribution in [0.1, 0.15) is 139 Å². The predicted octanol–water partition coefficient (Wildman–Crippen LogP) is 5.82. The lowest BCUT2D eigenvalue weighted by Gasteiger charge is -2.29. The Morgan fingerprint density at radius 2 is 0.992 bits per heavy atom. The van der Waals surface area contributed by atoms with E-state index in [9.17, 15) is 57.4 Å². The Labute approximate surface area is 745 Å². The molecule has 2 aliphatic rings. The van der Waals surface area contributed by atoms with Crippen molar-refractivity contribution in [3.63, 3.8) is 0 Å². The van der Waals surface area contributed by atoms with Crippen molar-refractivity contribution in [3.8, 4) is 46.3 Å². The number of halogens is 1. The van der Waals surface area contributed by atoms with Crippen LogP contribution in [-0.2, 0) is 90.7 Å². The van der Waals surface area contributed by atoms with Crippen LogP contribution < -0.4 is 52.8 Å². The fourth-order valence-corrected chi connectivity index (χ4v) is 14.5. The number of carbonyl (C=O) groups excluding carboxylic acids is 9. The van der Waals surface area contributed by atoms with Crippen molar-refractivity contribution in [1.29, 1.82) is 0 Å². The van der Waals surface area contributed by atoms with Gasteiger partial charge in [-0.1, -0.05) is 17.9 Å². The van der Waals surface area contributed by atoms with Crippen LogP contribution in [0.4, 0.5) is 27.4 Å². The number of benzene rings is 2. The molecule has 9 amide bonds. The van der Waals surface area contributed by atoms with Crippen molar-refractivity contribution in [2.45, 2.75) is 78.2 Å². The molecule has 0 atom stereocenters. The van der Waals surface area contributed by atoms with Crippen LogP contribution in [0.2, 0.25) is 0 Å². The van der Waals surface area contributed by atoms with Crippen molar-refractivity contribution in [2.24, 2.45) is 54.1 Å². The third-order valence-electron chi connectivity index (χ3n) is 21.4. The SMILES string of the molecule is Cc1cc(F)cc(C)c1Oc1ccc(C(C)(C)O)cc1-c1cn(C)c(=O)c2[nH]c(C(=O)N3CCC(C#CC#CC4CCN(CCOCCOCCOCCOCCOCCOCCNC(=O)CCNC(=O)c5nc(NC(=O)CCNC(=O)c6cc(NC(=O)c7nc(NC(=O)CCNC(=O)c8cc(NC(=O)c9nccn9C)cn8C)cn7C)cn6C)cn5C)CC4)CC3)cc12. The number of likely N-dealkylation sites (tertiary alicyclic amines) is 2. The van der Waals surface area contributed by atoms with Gasteiger partial charge in [-0.15, -0.1) is 0 Å². The van der Waals surface area contributed by atoms with Gasteiger partial charge in [0.15, 0.2) is 17.5 Å². The van der Waals surface area contributed by atoms with Crippen LogP contribution in [0.3, 0.4) is 0 Å². The highest BCUT2D eigenvalue weighted by atomic mass is 19.1. The first-order chi connectivity index (χ1) is 61.9. The smallest absolute Gasteiger partial charge is 0.291 e. The van der Waals surface area contributed by atoms with E-state index in [2.05, 4.69) is 91.1 Å². The van der Waals surface area contributed by atoms with Crippen molar-refractivity contribution in [3.05, 3.63) is 159 Å². The summed E-state index contributed by atoms with van der Waals surface area (Å²) in [5.41, 5.74) is 3.11. The van der Waals surface area contributed by atoms with Gasteiger partial charge in [0.1, 0.15) is 39.9 Å². The van der Waals surface area contributed by atoms with E-state index in [1.54, 1.807) is 116 Å². The average Bonchev–Trinajstić information content (AvgIpc) is 1.66. The number of aromatic nitrogens is 10. The third-order valence-corrected chi connectivity index (χ3v) is 21.4. The number of aromatic amines is 1. The number of anilines is 4. The molecule has 129 heavy (non-hydrogen) atoms. The van der Waals surface area contributed by atoms with E-state index in [1.165, 1.54) is 71.9 Å². The number of pyridine rings is 1. The monoisotopic (exact) mass is 1780 g/mol. The average molecular weight is 1780 g/mol. The van der Waals surface area contributed by atoms with Crippen LogP contribution in [0.5, 0.6) is 11.5 Å². The van der Waals surface area contributed by atoms with Gasteiger partial charge in [0.2, 0.25) is 29.4 Å². The topological polar surface area (TPSA) is 442 Å². The predicted molar refractivity (Wildman–Crippen MR) is 476 cm³/mol. The van der Waals surface area contributed by atoms with Gasteiger partial charge in [-0.3, -0.25) is 47.9 Å². The number of rotatable bonds is 44. The summed E-state index contributed by atoms with van der Waals surface area (Å²) in [5.74, 6) is 9.95.